The molecule has 2 atom stereocenters. The zero-order chi connectivity index (χ0) is 31.4. The predicted molar refractivity (Wildman–Crippen MR) is 163 cm³/mol. The first kappa shape index (κ1) is 30.7. The van der Waals surface area contributed by atoms with Crippen molar-refractivity contribution in [1.82, 2.24) is 25.1 Å². The van der Waals surface area contributed by atoms with Gasteiger partial charge in [-0.1, -0.05) is 66.7 Å². The molecule has 2 aliphatic rings. The molecule has 0 bridgehead atoms. The fourth-order valence-corrected chi connectivity index (χ4v) is 5.85. The Morgan fingerprint density at radius 1 is 1.00 bits per heavy atom. The van der Waals surface area contributed by atoms with E-state index in [4.69, 9.17) is 0 Å². The molecule has 0 aromatic heterocycles. The van der Waals surface area contributed by atoms with Gasteiger partial charge in [-0.2, -0.15) is 5.01 Å². The standard InChI is InChI=1S/C33H36F2N6O3/c1-4-15-39(33(44)36-19-24-13-9-6-10-14-24)40-22-31(42)41-29(16-23-11-7-5-8-12-23)32(43)38(21-30(40)41)20-25-17-26(34)27(35)18-28(25)37(2)3/h4-14,17-18,29-30H,1,15-16,19-22H2,2-3H3,(H,36,44)/t29-,30+/m0/s1. The van der Waals surface area contributed by atoms with Gasteiger partial charge in [-0.05, 0) is 22.8 Å². The van der Waals surface area contributed by atoms with E-state index >= 15 is 0 Å². The number of nitrogens with zero attached hydrogens (tertiary/aromatic N) is 5. The lowest BCUT2D eigenvalue weighted by molar-refractivity contribution is -0.157. The molecule has 2 heterocycles. The van der Waals surface area contributed by atoms with Crippen LogP contribution in [-0.4, -0.2) is 83.6 Å². The van der Waals surface area contributed by atoms with E-state index in [9.17, 15) is 23.2 Å². The summed E-state index contributed by atoms with van der Waals surface area (Å²) in [5.74, 6) is -2.58. The number of nitrogens with one attached hydrogen (secondary N) is 1. The molecule has 2 aliphatic heterocycles. The minimum Gasteiger partial charge on any atom is -0.377 e. The lowest BCUT2D eigenvalue weighted by Gasteiger charge is -2.46. The summed E-state index contributed by atoms with van der Waals surface area (Å²) in [7, 11) is 3.43. The second-order valence-electron chi connectivity index (χ2n) is 11.1. The number of amides is 4. The number of carbonyl (C=O) groups excluding carboxylic acids is 3. The molecule has 3 aromatic carbocycles. The molecule has 3 aromatic rings. The van der Waals surface area contributed by atoms with Gasteiger partial charge in [0.2, 0.25) is 11.8 Å². The van der Waals surface area contributed by atoms with Crippen LogP contribution in [0, 0.1) is 11.6 Å². The van der Waals surface area contributed by atoms with Crippen LogP contribution in [0.1, 0.15) is 16.7 Å². The summed E-state index contributed by atoms with van der Waals surface area (Å²) in [5, 5.41) is 6.02. The van der Waals surface area contributed by atoms with Crippen LogP contribution in [0.25, 0.3) is 0 Å². The van der Waals surface area contributed by atoms with Crippen molar-refractivity contribution in [2.75, 3.05) is 38.6 Å². The molecule has 0 saturated carbocycles. The lowest BCUT2D eigenvalue weighted by Crippen LogP contribution is -2.66. The van der Waals surface area contributed by atoms with E-state index in [1.165, 1.54) is 5.01 Å². The molecule has 44 heavy (non-hydrogen) atoms. The van der Waals surface area contributed by atoms with Crippen LogP contribution in [-0.2, 0) is 29.1 Å². The molecule has 2 saturated heterocycles. The molecule has 1 N–H and O–H groups in total. The minimum atomic E-state index is -1.01. The van der Waals surface area contributed by atoms with Gasteiger partial charge in [0, 0.05) is 45.4 Å². The van der Waals surface area contributed by atoms with Gasteiger partial charge in [-0.25, -0.2) is 13.6 Å². The second-order valence-corrected chi connectivity index (χ2v) is 11.1. The largest absolute Gasteiger partial charge is 0.377 e. The average molecular weight is 603 g/mol. The van der Waals surface area contributed by atoms with Crippen LogP contribution in [0.15, 0.2) is 85.5 Å². The smallest absolute Gasteiger partial charge is 0.332 e. The Labute approximate surface area is 255 Å². The second kappa shape index (κ2) is 13.3. The average Bonchev–Trinajstić information content (AvgIpc) is 3.34. The van der Waals surface area contributed by atoms with Crippen molar-refractivity contribution in [2.24, 2.45) is 0 Å². The number of hydrogen-bond donors (Lipinski definition) is 1. The summed E-state index contributed by atoms with van der Waals surface area (Å²) < 4.78 is 28.6. The van der Waals surface area contributed by atoms with Crippen molar-refractivity contribution < 1.29 is 23.2 Å². The van der Waals surface area contributed by atoms with Gasteiger partial charge >= 0.3 is 6.03 Å². The zero-order valence-electron chi connectivity index (χ0n) is 24.8. The van der Waals surface area contributed by atoms with Crippen LogP contribution in [0.4, 0.5) is 19.3 Å². The Hall–Kier alpha value is -4.77. The fourth-order valence-electron chi connectivity index (χ4n) is 5.85. The maximum Gasteiger partial charge on any atom is 0.332 e. The van der Waals surface area contributed by atoms with Crippen LogP contribution < -0.4 is 10.2 Å². The first-order valence-electron chi connectivity index (χ1n) is 14.4. The van der Waals surface area contributed by atoms with Crippen molar-refractivity contribution in [1.29, 1.82) is 0 Å². The highest BCUT2D eigenvalue weighted by molar-refractivity contribution is 5.92. The lowest BCUT2D eigenvalue weighted by atomic mass is 9.99. The zero-order valence-corrected chi connectivity index (χ0v) is 24.8. The third-order valence-corrected chi connectivity index (χ3v) is 7.94. The van der Waals surface area contributed by atoms with Gasteiger partial charge < -0.3 is 20.0 Å². The number of anilines is 1. The highest BCUT2D eigenvalue weighted by atomic mass is 19.2. The van der Waals surface area contributed by atoms with E-state index in [-0.39, 0.29) is 51.0 Å². The molecule has 9 nitrogen and oxygen atoms in total. The van der Waals surface area contributed by atoms with Crippen LogP contribution in [0.5, 0.6) is 0 Å². The van der Waals surface area contributed by atoms with Gasteiger partial charge in [-0.15, -0.1) is 6.58 Å². The number of urea groups is 1. The van der Waals surface area contributed by atoms with Gasteiger partial charge in [0.05, 0.1) is 19.6 Å². The van der Waals surface area contributed by atoms with Crippen molar-refractivity contribution in [3.8, 4) is 0 Å². The number of hydrogen-bond acceptors (Lipinski definition) is 5. The predicted octanol–water partition coefficient (Wildman–Crippen LogP) is 3.77. The Kier molecular flexibility index (Phi) is 9.24. The van der Waals surface area contributed by atoms with Crippen molar-refractivity contribution in [3.63, 3.8) is 0 Å². The summed E-state index contributed by atoms with van der Waals surface area (Å²) in [4.78, 5) is 46.0. The normalized spacial score (nSPS) is 18.3. The van der Waals surface area contributed by atoms with Gasteiger partial charge in [-0.3, -0.25) is 14.6 Å². The van der Waals surface area contributed by atoms with Gasteiger partial charge in [0.1, 0.15) is 12.2 Å². The summed E-state index contributed by atoms with van der Waals surface area (Å²) in [6.45, 7) is 4.16. The number of carbonyl (C=O) groups is 3. The van der Waals surface area contributed by atoms with E-state index in [1.807, 2.05) is 60.7 Å². The van der Waals surface area contributed by atoms with E-state index in [0.29, 0.717) is 11.3 Å². The van der Waals surface area contributed by atoms with E-state index in [0.717, 1.165) is 23.3 Å². The molecule has 0 radical (unpaired) electrons. The molecule has 4 amide bonds. The molecule has 5 rings (SSSR count). The summed E-state index contributed by atoms with van der Waals surface area (Å²) in [6.07, 6.45) is 1.16. The van der Waals surface area contributed by atoms with Crippen molar-refractivity contribution >= 4 is 23.5 Å². The first-order valence-corrected chi connectivity index (χ1v) is 14.4. The number of fused-ring (bicyclic) bond motifs is 1. The van der Waals surface area contributed by atoms with E-state index < -0.39 is 29.9 Å². The quantitative estimate of drug-likeness (QED) is 0.358. The summed E-state index contributed by atoms with van der Waals surface area (Å²) >= 11 is 0. The molecular weight excluding hydrogens is 566 g/mol. The third-order valence-electron chi connectivity index (χ3n) is 7.94. The number of halogens is 2. The SMILES string of the molecule is C=CCN(C(=O)NCc1ccccc1)N1CC(=O)N2[C@@H](Cc3ccccc3)C(=O)N(Cc3cc(F)c(F)cc3N(C)C)C[C@@H]21. The van der Waals surface area contributed by atoms with Crippen molar-refractivity contribution in [3.05, 3.63) is 114 Å². The van der Waals surface area contributed by atoms with E-state index in [2.05, 4.69) is 11.9 Å². The highest BCUT2D eigenvalue weighted by Gasteiger charge is 2.52. The third kappa shape index (κ3) is 6.42. The van der Waals surface area contributed by atoms with Crippen LogP contribution in [0.2, 0.25) is 0 Å². The number of benzene rings is 3. The number of rotatable bonds is 10. The molecule has 0 aliphatic carbocycles. The monoisotopic (exact) mass is 602 g/mol. The van der Waals surface area contributed by atoms with Crippen LogP contribution >= 0.6 is 0 Å². The minimum absolute atomic E-state index is 0.0110. The molecule has 0 spiro atoms. The Morgan fingerprint density at radius 2 is 1.64 bits per heavy atom. The molecular formula is C33H36F2N6O3. The summed E-state index contributed by atoms with van der Waals surface area (Å²) in [6, 6.07) is 19.8. The molecule has 11 heteroatoms. The molecule has 0 unspecified atom stereocenters. The Balaban J connectivity index is 1.47. The van der Waals surface area contributed by atoms with Gasteiger partial charge in [0.25, 0.3) is 0 Å². The fraction of sp³-hybridized carbons (Fsp3) is 0.303. The van der Waals surface area contributed by atoms with E-state index in [1.54, 1.807) is 39.9 Å². The summed E-state index contributed by atoms with van der Waals surface area (Å²) in [5.41, 5.74) is 2.64. The Morgan fingerprint density at radius 3 is 2.27 bits per heavy atom. The van der Waals surface area contributed by atoms with Gasteiger partial charge in [0.15, 0.2) is 11.6 Å². The first-order chi connectivity index (χ1) is 21.2. The maximum absolute atomic E-state index is 14.4. The molecule has 2 fully saturated rings. The molecule has 230 valence electrons. The maximum atomic E-state index is 14.4. The topological polar surface area (TPSA) is 79.4 Å². The van der Waals surface area contributed by atoms with Crippen LogP contribution in [0.3, 0.4) is 0 Å². The number of piperazine rings is 1. The van der Waals surface area contributed by atoms with Crippen molar-refractivity contribution in [2.45, 2.75) is 31.7 Å². The highest BCUT2D eigenvalue weighted by Crippen LogP contribution is 2.32. The number of hydrazine groups is 1. The Bertz CT molecular complexity index is 1520.